The minimum absolute atomic E-state index is 0.197. The summed E-state index contributed by atoms with van der Waals surface area (Å²) in [7, 11) is 0. The fourth-order valence-corrected chi connectivity index (χ4v) is 1.64. The Kier molecular flexibility index (Phi) is 4.78. The van der Waals surface area contributed by atoms with E-state index in [1.807, 2.05) is 18.4 Å². The predicted octanol–water partition coefficient (Wildman–Crippen LogP) is 1.65. The van der Waals surface area contributed by atoms with Gasteiger partial charge in [-0.15, -0.1) is 11.8 Å². The number of rotatable bonds is 5. The molecule has 1 aromatic carbocycles. The summed E-state index contributed by atoms with van der Waals surface area (Å²) in [5, 5.41) is 2.71. The standard InChI is InChI=1S/C13H18N2O2S/c1-13(2,12(14)17)8-15-11(16)9-4-6-10(18-3)7-5-9/h4-7H,8H2,1-3H3,(H2,14,17)(H,15,16). The van der Waals surface area contributed by atoms with Crippen LogP contribution in [0.2, 0.25) is 0 Å². The van der Waals surface area contributed by atoms with E-state index in [0.29, 0.717) is 5.56 Å². The number of benzene rings is 1. The monoisotopic (exact) mass is 266 g/mol. The van der Waals surface area contributed by atoms with Crippen molar-refractivity contribution in [3.8, 4) is 0 Å². The van der Waals surface area contributed by atoms with Crippen molar-refractivity contribution in [3.63, 3.8) is 0 Å². The highest BCUT2D eigenvalue weighted by atomic mass is 32.2. The van der Waals surface area contributed by atoms with Gasteiger partial charge in [0.1, 0.15) is 0 Å². The summed E-state index contributed by atoms with van der Waals surface area (Å²) >= 11 is 1.62. The predicted molar refractivity (Wildman–Crippen MR) is 73.5 cm³/mol. The number of amides is 2. The highest BCUT2D eigenvalue weighted by molar-refractivity contribution is 7.98. The molecule has 0 atom stereocenters. The van der Waals surface area contributed by atoms with E-state index in [-0.39, 0.29) is 12.5 Å². The first-order valence-corrected chi connectivity index (χ1v) is 6.81. The quantitative estimate of drug-likeness (QED) is 0.796. The highest BCUT2D eigenvalue weighted by Gasteiger charge is 2.25. The smallest absolute Gasteiger partial charge is 0.251 e. The summed E-state index contributed by atoms with van der Waals surface area (Å²) in [5.74, 6) is -0.627. The lowest BCUT2D eigenvalue weighted by Gasteiger charge is -2.20. The van der Waals surface area contributed by atoms with E-state index in [4.69, 9.17) is 5.73 Å². The number of hydrogen-bond donors (Lipinski definition) is 2. The van der Waals surface area contributed by atoms with Gasteiger partial charge in [0.15, 0.2) is 0 Å². The SMILES string of the molecule is CSc1ccc(C(=O)NCC(C)(C)C(N)=O)cc1. The Morgan fingerprint density at radius 1 is 1.28 bits per heavy atom. The Hall–Kier alpha value is -1.49. The van der Waals surface area contributed by atoms with Crippen molar-refractivity contribution in [2.75, 3.05) is 12.8 Å². The first kappa shape index (κ1) is 14.6. The second-order valence-electron chi connectivity index (χ2n) is 4.66. The molecule has 5 heteroatoms. The van der Waals surface area contributed by atoms with Crippen molar-refractivity contribution in [3.05, 3.63) is 29.8 Å². The normalized spacial score (nSPS) is 11.1. The summed E-state index contributed by atoms with van der Waals surface area (Å²) in [6, 6.07) is 7.30. The molecule has 0 spiro atoms. The Labute approximate surface area is 111 Å². The minimum atomic E-state index is -0.741. The van der Waals surface area contributed by atoms with Crippen LogP contribution in [0, 0.1) is 5.41 Å². The van der Waals surface area contributed by atoms with Gasteiger partial charge in [0.25, 0.3) is 5.91 Å². The van der Waals surface area contributed by atoms with Gasteiger partial charge in [-0.1, -0.05) is 0 Å². The maximum Gasteiger partial charge on any atom is 0.251 e. The van der Waals surface area contributed by atoms with E-state index in [9.17, 15) is 9.59 Å². The molecule has 0 bridgehead atoms. The van der Waals surface area contributed by atoms with Gasteiger partial charge in [0.05, 0.1) is 5.41 Å². The molecular weight excluding hydrogens is 248 g/mol. The Bertz CT molecular complexity index is 441. The third kappa shape index (κ3) is 3.77. The fraction of sp³-hybridized carbons (Fsp3) is 0.385. The topological polar surface area (TPSA) is 72.2 Å². The molecule has 0 saturated heterocycles. The molecule has 0 saturated carbocycles. The molecule has 98 valence electrons. The zero-order chi connectivity index (χ0) is 13.8. The minimum Gasteiger partial charge on any atom is -0.369 e. The third-order valence-corrected chi connectivity index (χ3v) is 3.45. The second kappa shape index (κ2) is 5.91. The average molecular weight is 266 g/mol. The van der Waals surface area contributed by atoms with Crippen molar-refractivity contribution >= 4 is 23.6 Å². The van der Waals surface area contributed by atoms with E-state index in [0.717, 1.165) is 4.90 Å². The molecule has 0 aliphatic carbocycles. The molecular formula is C13H18N2O2S. The van der Waals surface area contributed by atoms with Gasteiger partial charge in [-0.25, -0.2) is 0 Å². The first-order valence-electron chi connectivity index (χ1n) is 5.59. The summed E-state index contributed by atoms with van der Waals surface area (Å²) in [5.41, 5.74) is 5.08. The van der Waals surface area contributed by atoms with E-state index < -0.39 is 11.3 Å². The maximum atomic E-state index is 11.8. The van der Waals surface area contributed by atoms with Crippen LogP contribution < -0.4 is 11.1 Å². The van der Waals surface area contributed by atoms with Gasteiger partial charge < -0.3 is 11.1 Å². The summed E-state index contributed by atoms with van der Waals surface area (Å²) < 4.78 is 0. The Morgan fingerprint density at radius 3 is 2.28 bits per heavy atom. The Morgan fingerprint density at radius 2 is 1.83 bits per heavy atom. The first-order chi connectivity index (χ1) is 8.36. The third-order valence-electron chi connectivity index (χ3n) is 2.71. The average Bonchev–Trinajstić information content (AvgIpc) is 2.36. The number of thioether (sulfide) groups is 1. The molecule has 0 aromatic heterocycles. The molecule has 0 aliphatic rings. The summed E-state index contributed by atoms with van der Waals surface area (Å²) in [4.78, 5) is 24.1. The molecule has 0 fully saturated rings. The lowest BCUT2D eigenvalue weighted by atomic mass is 9.92. The molecule has 2 amide bonds. The lowest BCUT2D eigenvalue weighted by Crippen LogP contribution is -2.42. The van der Waals surface area contributed by atoms with Gasteiger partial charge in [-0.05, 0) is 44.4 Å². The zero-order valence-electron chi connectivity index (χ0n) is 10.8. The van der Waals surface area contributed by atoms with Gasteiger partial charge >= 0.3 is 0 Å². The van der Waals surface area contributed by atoms with Crippen LogP contribution in [0.3, 0.4) is 0 Å². The Balaban J connectivity index is 2.63. The number of carbonyl (C=O) groups is 2. The van der Waals surface area contributed by atoms with E-state index >= 15 is 0 Å². The number of carbonyl (C=O) groups excluding carboxylic acids is 2. The van der Waals surface area contributed by atoms with Crippen molar-refractivity contribution in [1.82, 2.24) is 5.32 Å². The van der Waals surface area contributed by atoms with Crippen LogP contribution in [0.25, 0.3) is 0 Å². The number of nitrogens with two attached hydrogens (primary N) is 1. The largest absolute Gasteiger partial charge is 0.369 e. The molecule has 18 heavy (non-hydrogen) atoms. The molecule has 0 heterocycles. The van der Waals surface area contributed by atoms with Gasteiger partial charge in [0.2, 0.25) is 5.91 Å². The fourth-order valence-electron chi connectivity index (χ4n) is 1.23. The van der Waals surface area contributed by atoms with Crippen LogP contribution in [-0.4, -0.2) is 24.6 Å². The maximum absolute atomic E-state index is 11.8. The van der Waals surface area contributed by atoms with Gasteiger partial charge in [-0.2, -0.15) is 0 Å². The molecule has 4 nitrogen and oxygen atoms in total. The van der Waals surface area contributed by atoms with Crippen molar-refractivity contribution in [1.29, 1.82) is 0 Å². The molecule has 1 aromatic rings. The number of primary amides is 1. The summed E-state index contributed by atoms with van der Waals surface area (Å²) in [6.45, 7) is 3.63. The van der Waals surface area contributed by atoms with Crippen LogP contribution in [0.1, 0.15) is 24.2 Å². The second-order valence-corrected chi connectivity index (χ2v) is 5.54. The van der Waals surface area contributed by atoms with Crippen LogP contribution in [0.15, 0.2) is 29.2 Å². The molecule has 3 N–H and O–H groups in total. The molecule has 0 aliphatic heterocycles. The van der Waals surface area contributed by atoms with E-state index in [2.05, 4.69) is 5.32 Å². The lowest BCUT2D eigenvalue weighted by molar-refractivity contribution is -0.125. The highest BCUT2D eigenvalue weighted by Crippen LogP contribution is 2.15. The van der Waals surface area contributed by atoms with Gasteiger partial charge in [-0.3, -0.25) is 9.59 Å². The number of nitrogens with one attached hydrogen (secondary N) is 1. The summed E-state index contributed by atoms with van der Waals surface area (Å²) in [6.07, 6.45) is 1.98. The van der Waals surface area contributed by atoms with Crippen molar-refractivity contribution in [2.45, 2.75) is 18.7 Å². The van der Waals surface area contributed by atoms with Crippen LogP contribution in [0.5, 0.6) is 0 Å². The van der Waals surface area contributed by atoms with Crippen molar-refractivity contribution in [2.24, 2.45) is 11.1 Å². The van der Waals surface area contributed by atoms with E-state index in [1.54, 1.807) is 37.7 Å². The van der Waals surface area contributed by atoms with Crippen LogP contribution in [-0.2, 0) is 4.79 Å². The zero-order valence-corrected chi connectivity index (χ0v) is 11.6. The van der Waals surface area contributed by atoms with Crippen LogP contribution in [0.4, 0.5) is 0 Å². The van der Waals surface area contributed by atoms with Crippen molar-refractivity contribution < 1.29 is 9.59 Å². The van der Waals surface area contributed by atoms with Gasteiger partial charge in [0, 0.05) is 17.0 Å². The van der Waals surface area contributed by atoms with Crippen LogP contribution >= 0.6 is 11.8 Å². The molecule has 0 unspecified atom stereocenters. The molecule has 1 rings (SSSR count). The van der Waals surface area contributed by atoms with E-state index in [1.165, 1.54) is 0 Å². The number of hydrogen-bond acceptors (Lipinski definition) is 3. The molecule has 0 radical (unpaired) electrons.